The van der Waals surface area contributed by atoms with Crippen LogP contribution < -0.4 is 9.47 Å². The monoisotopic (exact) mass is 560 g/mol. The summed E-state index contributed by atoms with van der Waals surface area (Å²) in [5, 5.41) is 20.2. The first-order valence-electron chi connectivity index (χ1n) is 11.2. The Balaban J connectivity index is 1.31. The summed E-state index contributed by atoms with van der Waals surface area (Å²) in [7, 11) is 4.37. The summed E-state index contributed by atoms with van der Waals surface area (Å²) >= 11 is 2.82. The van der Waals surface area contributed by atoms with Crippen LogP contribution in [0.25, 0.3) is 10.2 Å². The first-order chi connectivity index (χ1) is 18.1. The third kappa shape index (κ3) is 6.26. The molecule has 1 unspecified atom stereocenters. The van der Waals surface area contributed by atoms with Crippen molar-refractivity contribution in [2.45, 2.75) is 6.04 Å². The summed E-state index contributed by atoms with van der Waals surface area (Å²) in [6.45, 7) is 0.314. The fourth-order valence-electron chi connectivity index (χ4n) is 3.21. The second kappa shape index (κ2) is 11.6. The van der Waals surface area contributed by atoms with Gasteiger partial charge in [0.2, 0.25) is 0 Å². The van der Waals surface area contributed by atoms with Crippen molar-refractivity contribution in [3.63, 3.8) is 0 Å². The summed E-state index contributed by atoms with van der Waals surface area (Å²) in [6.07, 6.45) is -1.32. The van der Waals surface area contributed by atoms with Crippen LogP contribution in [0.15, 0.2) is 41.4 Å². The minimum Gasteiger partial charge on any atom is -0.504 e. The molecule has 0 spiro atoms. The fraction of sp³-hybridized carbons (Fsp3) is 0.292. The molecule has 0 saturated carbocycles. The van der Waals surface area contributed by atoms with E-state index in [1.54, 1.807) is 18.2 Å². The largest absolute Gasteiger partial charge is 0.504 e. The minimum atomic E-state index is -0.703. The van der Waals surface area contributed by atoms with Gasteiger partial charge in [0.25, 0.3) is 0 Å². The number of benzene rings is 2. The van der Waals surface area contributed by atoms with Crippen molar-refractivity contribution >= 4 is 56.5 Å². The van der Waals surface area contributed by atoms with Crippen LogP contribution in [0, 0.1) is 0 Å². The number of esters is 1. The lowest BCUT2D eigenvalue weighted by atomic mass is 10.3. The Morgan fingerprint density at radius 2 is 1.61 bits per heavy atom. The summed E-state index contributed by atoms with van der Waals surface area (Å²) in [5.74, 6) is -0.227. The van der Waals surface area contributed by atoms with E-state index in [2.05, 4.69) is 9.98 Å². The van der Waals surface area contributed by atoms with Crippen molar-refractivity contribution in [3.8, 4) is 23.0 Å². The molecule has 2 aromatic carbocycles. The number of carbonyl (C=O) groups is 3. The number of fused-ring (bicyclic) bond motifs is 1. The normalized spacial score (nSPS) is 14.6. The van der Waals surface area contributed by atoms with E-state index in [9.17, 15) is 24.6 Å². The Morgan fingerprint density at radius 1 is 0.974 bits per heavy atom. The number of rotatable bonds is 7. The van der Waals surface area contributed by atoms with Gasteiger partial charge < -0.3 is 34.2 Å². The molecule has 12 nitrogen and oxygen atoms in total. The molecule has 0 radical (unpaired) electrons. The van der Waals surface area contributed by atoms with Gasteiger partial charge in [0, 0.05) is 45.1 Å². The molecule has 0 bridgehead atoms. The fourth-order valence-corrected chi connectivity index (χ4v) is 5.30. The highest BCUT2D eigenvalue weighted by atomic mass is 32.2. The Morgan fingerprint density at radius 3 is 2.24 bits per heavy atom. The average molecular weight is 561 g/mol. The maximum atomic E-state index is 12.6. The molecule has 1 aromatic heterocycles. The predicted octanol–water partition coefficient (Wildman–Crippen LogP) is 3.30. The number of phenolic OH excluding ortho intramolecular Hbond substituents is 2. The summed E-state index contributed by atoms with van der Waals surface area (Å²) in [5.41, 5.74) is 0.713. The molecule has 0 saturated heterocycles. The molecule has 4 rings (SSSR count). The highest BCUT2D eigenvalue weighted by Crippen LogP contribution is 2.32. The van der Waals surface area contributed by atoms with Gasteiger partial charge in [0.1, 0.15) is 21.6 Å². The van der Waals surface area contributed by atoms with E-state index in [4.69, 9.17) is 14.2 Å². The number of thioether (sulfide) groups is 1. The van der Waals surface area contributed by atoms with Gasteiger partial charge in [-0.25, -0.2) is 19.4 Å². The molecule has 0 fully saturated rings. The van der Waals surface area contributed by atoms with E-state index in [0.29, 0.717) is 27.1 Å². The number of thiazole rings is 1. The number of amides is 2. The highest BCUT2D eigenvalue weighted by molar-refractivity contribution is 8.15. The summed E-state index contributed by atoms with van der Waals surface area (Å²) in [4.78, 5) is 48.1. The topological polar surface area (TPSA) is 151 Å². The minimum absolute atomic E-state index is 0.0633. The molecule has 200 valence electrons. The standard InChI is InChI=1S/C24H24N4O8S2/c1-27(23(32)35-13-5-7-17(29)18(30)10-13)8-9-28(2)24(33)36-14-4-6-15-19(11-14)38-21(25-15)20-26-16(12-37-20)22(31)34-3/h4-7,10-11,16,29-30H,8-9,12H2,1-3H3. The molecule has 1 aliphatic rings. The number of aromatic nitrogens is 1. The summed E-state index contributed by atoms with van der Waals surface area (Å²) in [6, 6.07) is 8.20. The number of methoxy groups -OCH3 is 1. The summed E-state index contributed by atoms with van der Waals surface area (Å²) < 4.78 is 16.2. The van der Waals surface area contributed by atoms with Gasteiger partial charge in [-0.3, -0.25) is 4.99 Å². The van der Waals surface area contributed by atoms with Crippen LogP contribution in [-0.4, -0.2) is 94.3 Å². The highest BCUT2D eigenvalue weighted by Gasteiger charge is 2.28. The van der Waals surface area contributed by atoms with E-state index in [1.807, 2.05) is 0 Å². The van der Waals surface area contributed by atoms with E-state index in [-0.39, 0.29) is 30.6 Å². The molecular weight excluding hydrogens is 536 g/mol. The number of phenols is 2. The third-order valence-electron chi connectivity index (χ3n) is 5.42. The molecule has 2 amide bonds. The van der Waals surface area contributed by atoms with Crippen LogP contribution in [0.2, 0.25) is 0 Å². The quantitative estimate of drug-likeness (QED) is 0.325. The Hall–Kier alpha value is -4.04. The van der Waals surface area contributed by atoms with Crippen molar-refractivity contribution in [1.82, 2.24) is 14.8 Å². The van der Waals surface area contributed by atoms with Gasteiger partial charge >= 0.3 is 18.2 Å². The van der Waals surface area contributed by atoms with Gasteiger partial charge in [0.05, 0.1) is 17.3 Å². The first kappa shape index (κ1) is 27.0. The molecule has 1 atom stereocenters. The van der Waals surface area contributed by atoms with Crippen LogP contribution in [0.4, 0.5) is 9.59 Å². The van der Waals surface area contributed by atoms with E-state index < -0.39 is 24.0 Å². The van der Waals surface area contributed by atoms with E-state index in [1.165, 1.54) is 66.2 Å². The molecule has 2 N–H and O–H groups in total. The maximum Gasteiger partial charge on any atom is 0.415 e. The van der Waals surface area contributed by atoms with Crippen molar-refractivity contribution in [2.24, 2.45) is 4.99 Å². The first-order valence-corrected chi connectivity index (χ1v) is 13.0. The Kier molecular flexibility index (Phi) is 8.22. The SMILES string of the molecule is COC(=O)C1CSC(c2nc3ccc(OC(=O)N(C)CCN(C)C(=O)Oc4ccc(O)c(O)c4)cc3s2)=N1. The molecule has 3 aromatic rings. The number of aromatic hydroxyl groups is 2. The molecule has 1 aliphatic heterocycles. The number of carbonyl (C=O) groups excluding carboxylic acids is 3. The molecule has 14 heteroatoms. The van der Waals surface area contributed by atoms with Gasteiger partial charge in [-0.05, 0) is 24.3 Å². The number of aliphatic imine (C=N–C) groups is 1. The smallest absolute Gasteiger partial charge is 0.415 e. The lowest BCUT2D eigenvalue weighted by Gasteiger charge is -2.21. The zero-order chi connectivity index (χ0) is 27.4. The third-order valence-corrected chi connectivity index (χ3v) is 7.63. The number of ether oxygens (including phenoxy) is 3. The number of hydrogen-bond donors (Lipinski definition) is 2. The van der Waals surface area contributed by atoms with Gasteiger partial charge in [-0.15, -0.1) is 23.1 Å². The molecular formula is C24H24N4O8S2. The maximum absolute atomic E-state index is 12.6. The van der Waals surface area contributed by atoms with Crippen molar-refractivity contribution in [1.29, 1.82) is 0 Å². The van der Waals surface area contributed by atoms with Crippen LogP contribution in [-0.2, 0) is 9.53 Å². The molecule has 0 aliphatic carbocycles. The van der Waals surface area contributed by atoms with Crippen LogP contribution >= 0.6 is 23.1 Å². The zero-order valence-electron chi connectivity index (χ0n) is 20.6. The Labute approximate surface area is 225 Å². The predicted molar refractivity (Wildman–Crippen MR) is 141 cm³/mol. The van der Waals surface area contributed by atoms with Crippen molar-refractivity contribution < 1.29 is 38.8 Å². The van der Waals surface area contributed by atoms with Crippen LogP contribution in [0.5, 0.6) is 23.0 Å². The number of likely N-dealkylation sites (N-methyl/N-ethyl adjacent to an activating group) is 2. The van der Waals surface area contributed by atoms with Crippen LogP contribution in [0.1, 0.15) is 5.01 Å². The van der Waals surface area contributed by atoms with E-state index >= 15 is 0 Å². The Bertz CT molecular complexity index is 1410. The van der Waals surface area contributed by atoms with Gasteiger partial charge in [-0.1, -0.05) is 0 Å². The number of hydrogen-bond acceptors (Lipinski definition) is 12. The lowest BCUT2D eigenvalue weighted by Crippen LogP contribution is -2.39. The second-order valence-electron chi connectivity index (χ2n) is 8.16. The van der Waals surface area contributed by atoms with E-state index in [0.717, 1.165) is 10.8 Å². The molecule has 38 heavy (non-hydrogen) atoms. The van der Waals surface area contributed by atoms with Gasteiger partial charge in [0.15, 0.2) is 17.5 Å². The van der Waals surface area contributed by atoms with Crippen molar-refractivity contribution in [3.05, 3.63) is 41.4 Å². The van der Waals surface area contributed by atoms with Crippen molar-refractivity contribution in [2.75, 3.05) is 40.0 Å². The average Bonchev–Trinajstić information content (AvgIpc) is 3.56. The molecule has 2 heterocycles. The number of nitrogens with zero attached hydrogens (tertiary/aromatic N) is 4. The van der Waals surface area contributed by atoms with Gasteiger partial charge in [-0.2, -0.15) is 0 Å². The second-order valence-corrected chi connectivity index (χ2v) is 10.2. The lowest BCUT2D eigenvalue weighted by molar-refractivity contribution is -0.141. The van der Waals surface area contributed by atoms with Crippen LogP contribution in [0.3, 0.4) is 0 Å². The zero-order valence-corrected chi connectivity index (χ0v) is 22.2.